The molecule has 54 heavy (non-hydrogen) atoms. The van der Waals surface area contributed by atoms with Crippen molar-refractivity contribution in [1.82, 2.24) is 41.3 Å². The highest BCUT2D eigenvalue weighted by Gasteiger charge is 2.33. The number of carbonyl (C=O) groups is 5. The summed E-state index contributed by atoms with van der Waals surface area (Å²) in [5.41, 5.74) is 1.81. The second-order valence-electron chi connectivity index (χ2n) is 15.9. The lowest BCUT2D eigenvalue weighted by molar-refractivity contribution is -0.133. The van der Waals surface area contributed by atoms with Crippen LogP contribution in [0, 0.1) is 37.5 Å². The predicted molar refractivity (Wildman–Crippen MR) is 206 cm³/mol. The second-order valence-corrected chi connectivity index (χ2v) is 15.9. The van der Waals surface area contributed by atoms with Crippen molar-refractivity contribution >= 4 is 29.7 Å². The Hall–Kier alpha value is -4.53. The van der Waals surface area contributed by atoms with Gasteiger partial charge in [0.2, 0.25) is 23.6 Å². The molecule has 302 valence electrons. The van der Waals surface area contributed by atoms with E-state index in [2.05, 4.69) is 36.7 Å². The average molecular weight is 757 g/mol. The zero-order chi connectivity index (χ0) is 40.7. The highest BCUT2D eigenvalue weighted by Crippen LogP contribution is 2.17. The zero-order valence-corrected chi connectivity index (χ0v) is 34.0. The molecule has 0 spiro atoms. The molecule has 0 fully saturated rings. The minimum atomic E-state index is -1.21. The molecule has 0 aromatic carbocycles. The van der Waals surface area contributed by atoms with Gasteiger partial charge < -0.3 is 36.4 Å². The van der Waals surface area contributed by atoms with E-state index in [1.807, 2.05) is 54.5 Å². The molecule has 0 saturated carbocycles. The molecule has 15 heteroatoms. The molecule has 6 atom stereocenters. The maximum atomic E-state index is 13.9. The number of hydrogen-bond acceptors (Lipinski definition) is 9. The fraction of sp³-hybridized carbons (Fsp3) is 0.667. The summed E-state index contributed by atoms with van der Waals surface area (Å²) >= 11 is 0. The highest BCUT2D eigenvalue weighted by atomic mass is 16.6. The van der Waals surface area contributed by atoms with Crippen LogP contribution in [0.15, 0.2) is 30.6 Å². The Morgan fingerprint density at radius 3 is 2.06 bits per heavy atom. The van der Waals surface area contributed by atoms with E-state index in [0.717, 1.165) is 17.0 Å². The van der Waals surface area contributed by atoms with Gasteiger partial charge in [-0.3, -0.25) is 28.8 Å². The van der Waals surface area contributed by atoms with E-state index in [4.69, 9.17) is 4.74 Å². The van der Waals surface area contributed by atoms with Crippen LogP contribution >= 0.6 is 0 Å². The molecule has 5 amide bonds. The van der Waals surface area contributed by atoms with Crippen LogP contribution in [0.4, 0.5) is 4.79 Å². The number of aromatic nitrogens is 3. The number of alkyl carbamates (subject to hydrolysis) is 1. The topological polar surface area (TPSA) is 206 Å². The van der Waals surface area contributed by atoms with E-state index in [1.165, 1.54) is 0 Å². The summed E-state index contributed by atoms with van der Waals surface area (Å²) in [5, 5.41) is 29.9. The number of pyridine rings is 1. The molecule has 6 N–H and O–H groups in total. The minimum Gasteiger partial charge on any atom is -0.444 e. The minimum absolute atomic E-state index is 0.0132. The van der Waals surface area contributed by atoms with Crippen LogP contribution in [0.5, 0.6) is 0 Å². The molecule has 2 rings (SSSR count). The molecule has 2 heterocycles. The Morgan fingerprint density at radius 1 is 0.870 bits per heavy atom. The van der Waals surface area contributed by atoms with Gasteiger partial charge in [-0.05, 0) is 89.5 Å². The van der Waals surface area contributed by atoms with E-state index >= 15 is 0 Å². The van der Waals surface area contributed by atoms with E-state index in [-0.39, 0.29) is 37.3 Å². The second kappa shape index (κ2) is 21.4. The lowest BCUT2D eigenvalue weighted by Gasteiger charge is -2.30. The fourth-order valence-corrected chi connectivity index (χ4v) is 5.83. The lowest BCUT2D eigenvalue weighted by Crippen LogP contribution is -2.58. The van der Waals surface area contributed by atoms with Crippen molar-refractivity contribution in [1.29, 1.82) is 0 Å². The van der Waals surface area contributed by atoms with Crippen molar-refractivity contribution in [3.8, 4) is 0 Å². The van der Waals surface area contributed by atoms with Crippen LogP contribution in [0.1, 0.15) is 98.5 Å². The van der Waals surface area contributed by atoms with Gasteiger partial charge in [-0.2, -0.15) is 5.10 Å². The molecule has 0 unspecified atom stereocenters. The molecule has 2 aromatic rings. The number of aliphatic hydroxyl groups excluding tert-OH is 1. The summed E-state index contributed by atoms with van der Waals surface area (Å²) in [6.07, 6.45) is 2.18. The maximum Gasteiger partial charge on any atom is 0.407 e. The quantitative estimate of drug-likeness (QED) is 0.117. The normalized spacial score (nSPS) is 15.0. The number of rotatable bonds is 20. The Bertz CT molecular complexity index is 1520. The van der Waals surface area contributed by atoms with Gasteiger partial charge in [0, 0.05) is 30.6 Å². The van der Waals surface area contributed by atoms with Crippen molar-refractivity contribution < 1.29 is 33.8 Å². The third-order valence-electron chi connectivity index (χ3n) is 8.87. The van der Waals surface area contributed by atoms with Crippen molar-refractivity contribution in [3.63, 3.8) is 0 Å². The van der Waals surface area contributed by atoms with Crippen molar-refractivity contribution in [3.05, 3.63) is 47.5 Å². The third kappa shape index (κ3) is 15.8. The largest absolute Gasteiger partial charge is 0.444 e. The van der Waals surface area contributed by atoms with Crippen LogP contribution in [-0.4, -0.2) is 86.0 Å². The summed E-state index contributed by atoms with van der Waals surface area (Å²) in [4.78, 5) is 70.5. The summed E-state index contributed by atoms with van der Waals surface area (Å²) in [5.74, 6) is -3.17. The molecule has 0 bridgehead atoms. The van der Waals surface area contributed by atoms with Gasteiger partial charge in [0.15, 0.2) is 0 Å². The molecular weight excluding hydrogens is 692 g/mol. The van der Waals surface area contributed by atoms with E-state index in [9.17, 15) is 29.1 Å². The summed E-state index contributed by atoms with van der Waals surface area (Å²) in [6, 6.07) is 2.69. The van der Waals surface area contributed by atoms with Gasteiger partial charge in [-0.1, -0.05) is 41.5 Å². The predicted octanol–water partition coefficient (Wildman–Crippen LogP) is 3.31. The van der Waals surface area contributed by atoms with Gasteiger partial charge in [0.25, 0.3) is 0 Å². The number of carbonyl (C=O) groups excluding carboxylic acids is 5. The molecule has 0 aliphatic heterocycles. The monoisotopic (exact) mass is 756 g/mol. The molecule has 2 aromatic heterocycles. The van der Waals surface area contributed by atoms with E-state index in [0.29, 0.717) is 19.4 Å². The highest BCUT2D eigenvalue weighted by molar-refractivity contribution is 5.90. The number of aliphatic hydroxyl groups is 1. The summed E-state index contributed by atoms with van der Waals surface area (Å²) in [7, 11) is 0. The van der Waals surface area contributed by atoms with E-state index in [1.54, 1.807) is 56.9 Å². The van der Waals surface area contributed by atoms with Gasteiger partial charge in [0.05, 0.1) is 36.8 Å². The molecular formula is C39H64N8O7. The van der Waals surface area contributed by atoms with Crippen molar-refractivity contribution in [2.24, 2.45) is 23.7 Å². The number of ether oxygens (including phenoxy) is 1. The standard InChI is InChI=1S/C39H64N8O7/c1-12-29(22-47-27(8)19-26(7)46-47)35(50)44-31(21-42-38(53)54-39(9,10)11)36(51)43-30(17-23(2)3)32(48)18-25(6)34(49)45-33(24(4)5)37(52)41-20-28-13-15-40-16-14-28/h13-16,19,23-25,29-33,48H,12,17-18,20-22H2,1-11H3,(H,41,52)(H,42,53)(H,43,51)(H,44,50)(H,45,49)/t25-,29+,30+,31+,32+,33+/m1/s1. The smallest absolute Gasteiger partial charge is 0.407 e. The SMILES string of the molecule is CC[C@@H](Cn1nc(C)cc1C)C(=O)N[C@@H](CNC(=O)OC(C)(C)C)C(=O)N[C@@H](CC(C)C)[C@@H](O)C[C@@H](C)C(=O)N[C@H](C(=O)NCc1ccncc1)C(C)C. The number of hydrogen-bond donors (Lipinski definition) is 6. The first kappa shape index (κ1) is 45.6. The lowest BCUT2D eigenvalue weighted by atomic mass is 9.91. The first-order valence-corrected chi connectivity index (χ1v) is 18.9. The number of aryl methyl sites for hydroxylation is 2. The number of nitrogens with one attached hydrogen (secondary N) is 5. The van der Waals surface area contributed by atoms with Gasteiger partial charge >= 0.3 is 6.09 Å². The van der Waals surface area contributed by atoms with Crippen LogP contribution in [0.25, 0.3) is 0 Å². The third-order valence-corrected chi connectivity index (χ3v) is 8.87. The van der Waals surface area contributed by atoms with Crippen LogP contribution in [-0.2, 0) is 37.0 Å². The Morgan fingerprint density at radius 2 is 1.52 bits per heavy atom. The molecule has 0 aliphatic carbocycles. The average Bonchev–Trinajstić information content (AvgIpc) is 3.40. The number of nitrogens with zero attached hydrogens (tertiary/aromatic N) is 3. The maximum absolute atomic E-state index is 13.9. The van der Waals surface area contributed by atoms with Crippen molar-refractivity contribution in [2.45, 2.75) is 138 Å². The van der Waals surface area contributed by atoms with E-state index < -0.39 is 65.5 Å². The summed E-state index contributed by atoms with van der Waals surface area (Å²) in [6.45, 7) is 20.3. The molecule has 15 nitrogen and oxygen atoms in total. The van der Waals surface area contributed by atoms with Crippen molar-refractivity contribution in [2.75, 3.05) is 6.54 Å². The van der Waals surface area contributed by atoms with Crippen LogP contribution in [0.2, 0.25) is 0 Å². The van der Waals surface area contributed by atoms with Crippen LogP contribution in [0.3, 0.4) is 0 Å². The van der Waals surface area contributed by atoms with Crippen LogP contribution < -0.4 is 26.6 Å². The summed E-state index contributed by atoms with van der Waals surface area (Å²) < 4.78 is 7.11. The fourth-order valence-electron chi connectivity index (χ4n) is 5.83. The van der Waals surface area contributed by atoms with Gasteiger partial charge in [-0.25, -0.2) is 4.79 Å². The molecule has 0 radical (unpaired) electrons. The Kier molecular flexibility index (Phi) is 18.1. The first-order valence-electron chi connectivity index (χ1n) is 18.9. The zero-order valence-electron chi connectivity index (χ0n) is 34.0. The Labute approximate surface area is 320 Å². The first-order chi connectivity index (χ1) is 25.2. The number of amides is 5. The molecule has 0 saturated heterocycles. The Balaban J connectivity index is 2.19. The molecule has 0 aliphatic rings. The van der Waals surface area contributed by atoms with Gasteiger partial charge in [0.1, 0.15) is 17.7 Å². The van der Waals surface area contributed by atoms with Gasteiger partial charge in [-0.15, -0.1) is 0 Å².